The van der Waals surface area contributed by atoms with Crippen molar-refractivity contribution in [2.75, 3.05) is 0 Å². The number of ether oxygens (including phenoxy) is 1. The van der Waals surface area contributed by atoms with Crippen LogP contribution in [0.2, 0.25) is 0 Å². The summed E-state index contributed by atoms with van der Waals surface area (Å²) in [6.07, 6.45) is 0.593. The maximum absolute atomic E-state index is 12.5. The Hall–Kier alpha value is -1.96. The van der Waals surface area contributed by atoms with E-state index in [1.807, 2.05) is 0 Å². The Morgan fingerprint density at radius 1 is 1.29 bits per heavy atom. The minimum Gasteiger partial charge on any atom is -0.476 e. The zero-order valence-electron chi connectivity index (χ0n) is 14.9. The quantitative estimate of drug-likeness (QED) is 0.458. The van der Waals surface area contributed by atoms with Crippen LogP contribution in [0.25, 0.3) is 0 Å². The highest BCUT2D eigenvalue weighted by atomic mass is 32.1. The van der Waals surface area contributed by atoms with E-state index in [2.05, 4.69) is 10.1 Å². The van der Waals surface area contributed by atoms with E-state index >= 15 is 0 Å². The summed E-state index contributed by atoms with van der Waals surface area (Å²) >= 11 is 1.31. The molecule has 0 aliphatic heterocycles. The van der Waals surface area contributed by atoms with Gasteiger partial charge in [0.1, 0.15) is 11.3 Å². The van der Waals surface area contributed by atoms with E-state index in [0.29, 0.717) is 17.8 Å². The number of carbonyl (C=O) groups excluding carboxylic acids is 1. The number of carboxylic acid groups (broad SMARTS) is 1. The Morgan fingerprint density at radius 3 is 2.25 bits per heavy atom. The van der Waals surface area contributed by atoms with Gasteiger partial charge >= 0.3 is 11.9 Å². The lowest BCUT2D eigenvalue weighted by atomic mass is 9.97. The molecule has 0 spiro atoms. The van der Waals surface area contributed by atoms with E-state index in [1.54, 1.807) is 46.9 Å². The fraction of sp³-hybridized carbons (Fsp3) is 0.625. The molecule has 8 heteroatoms. The van der Waals surface area contributed by atoms with Gasteiger partial charge in [-0.1, -0.05) is 19.0 Å². The van der Waals surface area contributed by atoms with Gasteiger partial charge in [-0.2, -0.15) is 0 Å². The second kappa shape index (κ2) is 7.74. The molecule has 0 amide bonds. The monoisotopic (exact) mass is 356 g/mol. The Balaban J connectivity index is 3.13. The number of rotatable bonds is 7. The van der Waals surface area contributed by atoms with E-state index in [9.17, 15) is 14.7 Å². The molecule has 0 aliphatic carbocycles. The zero-order chi connectivity index (χ0) is 18.5. The molecular weight excluding hydrogens is 332 g/mol. The van der Waals surface area contributed by atoms with Gasteiger partial charge in [0.25, 0.3) is 0 Å². The number of hydrogen-bond donors (Lipinski definition) is 1. The Bertz CT molecular complexity index is 627. The molecule has 0 saturated carbocycles. The molecule has 1 rings (SSSR count). The SMILES string of the molecule is CCC(CC)(O/N=C(\C(=O)O)c1csc(C)n1)C(=O)OC(C)(C)C. The molecule has 1 N–H and O–H groups in total. The normalized spacial score (nSPS) is 12.8. The van der Waals surface area contributed by atoms with E-state index in [0.717, 1.165) is 0 Å². The fourth-order valence-corrected chi connectivity index (χ4v) is 2.47. The standard InChI is InChI=1S/C16H24N2O5S/c1-7-16(8-2,14(21)22-15(4,5)6)23-18-12(13(19)20)11-9-24-10(3)17-11/h9H,7-8H2,1-6H3,(H,19,20)/b18-12-. The summed E-state index contributed by atoms with van der Waals surface area (Å²) in [5, 5.41) is 15.4. The fourth-order valence-electron chi connectivity index (χ4n) is 1.88. The molecule has 0 radical (unpaired) electrons. The van der Waals surface area contributed by atoms with Crippen LogP contribution >= 0.6 is 11.3 Å². The van der Waals surface area contributed by atoms with Crippen LogP contribution in [0.15, 0.2) is 10.5 Å². The van der Waals surface area contributed by atoms with E-state index in [4.69, 9.17) is 9.57 Å². The first-order chi connectivity index (χ1) is 11.0. The van der Waals surface area contributed by atoms with E-state index in [1.165, 1.54) is 11.3 Å². The van der Waals surface area contributed by atoms with Crippen LogP contribution < -0.4 is 0 Å². The van der Waals surface area contributed by atoms with E-state index < -0.39 is 23.1 Å². The lowest BCUT2D eigenvalue weighted by Gasteiger charge is -2.30. The zero-order valence-corrected chi connectivity index (χ0v) is 15.7. The third-order valence-electron chi connectivity index (χ3n) is 3.29. The summed E-state index contributed by atoms with van der Waals surface area (Å²) in [5.41, 5.74) is -2.15. The predicted octanol–water partition coefficient (Wildman–Crippen LogP) is 3.16. The van der Waals surface area contributed by atoms with Crippen molar-refractivity contribution in [3.63, 3.8) is 0 Å². The van der Waals surface area contributed by atoms with Crippen LogP contribution in [0.5, 0.6) is 0 Å². The Morgan fingerprint density at radius 2 is 1.88 bits per heavy atom. The van der Waals surface area contributed by atoms with Gasteiger partial charge in [-0.25, -0.2) is 14.6 Å². The predicted molar refractivity (Wildman–Crippen MR) is 91.3 cm³/mol. The molecule has 0 bridgehead atoms. The lowest BCUT2D eigenvalue weighted by molar-refractivity contribution is -0.185. The van der Waals surface area contributed by atoms with Gasteiger partial charge in [0.2, 0.25) is 11.3 Å². The average molecular weight is 356 g/mol. The highest BCUT2D eigenvalue weighted by Crippen LogP contribution is 2.26. The number of nitrogens with zero attached hydrogens (tertiary/aromatic N) is 2. The maximum Gasteiger partial charge on any atom is 0.360 e. The molecular formula is C16H24N2O5S. The second-order valence-corrected chi connectivity index (χ2v) is 7.35. The Kier molecular flexibility index (Phi) is 6.48. The number of aliphatic carboxylic acids is 1. The second-order valence-electron chi connectivity index (χ2n) is 6.29. The molecule has 1 heterocycles. The summed E-state index contributed by atoms with van der Waals surface area (Å²) in [6, 6.07) is 0. The third-order valence-corrected chi connectivity index (χ3v) is 4.06. The first-order valence-corrected chi connectivity index (χ1v) is 8.58. The molecule has 1 aromatic rings. The number of carboxylic acids is 1. The largest absolute Gasteiger partial charge is 0.476 e. The highest BCUT2D eigenvalue weighted by Gasteiger charge is 2.42. The molecule has 0 aliphatic rings. The van der Waals surface area contributed by atoms with Crippen LogP contribution in [0, 0.1) is 6.92 Å². The van der Waals surface area contributed by atoms with Crippen LogP contribution in [0.4, 0.5) is 0 Å². The lowest BCUT2D eigenvalue weighted by Crippen LogP contribution is -2.44. The molecule has 134 valence electrons. The number of thiazole rings is 1. The number of oxime groups is 1. The Labute approximate surface area is 145 Å². The molecule has 0 atom stereocenters. The van der Waals surface area contributed by atoms with Crippen LogP contribution in [0.3, 0.4) is 0 Å². The molecule has 1 aromatic heterocycles. The summed E-state index contributed by atoms with van der Waals surface area (Å²) in [7, 11) is 0. The number of aromatic nitrogens is 1. The van der Waals surface area contributed by atoms with Gasteiger partial charge in [0.15, 0.2) is 0 Å². The van der Waals surface area contributed by atoms with Gasteiger partial charge in [-0.3, -0.25) is 0 Å². The van der Waals surface area contributed by atoms with Crippen molar-refractivity contribution in [2.45, 2.75) is 65.6 Å². The molecule has 7 nitrogen and oxygen atoms in total. The number of esters is 1. The summed E-state index contributed by atoms with van der Waals surface area (Å²) in [4.78, 5) is 33.4. The van der Waals surface area contributed by atoms with Crippen molar-refractivity contribution in [3.05, 3.63) is 16.1 Å². The molecule has 0 aromatic carbocycles. The van der Waals surface area contributed by atoms with Crippen LogP contribution in [0.1, 0.15) is 58.2 Å². The van der Waals surface area contributed by atoms with E-state index in [-0.39, 0.29) is 11.4 Å². The van der Waals surface area contributed by atoms with Crippen molar-refractivity contribution in [1.82, 2.24) is 4.98 Å². The van der Waals surface area contributed by atoms with Gasteiger partial charge in [0, 0.05) is 5.38 Å². The average Bonchev–Trinajstić information content (AvgIpc) is 2.88. The molecule has 0 unspecified atom stereocenters. The first-order valence-electron chi connectivity index (χ1n) is 7.70. The molecule has 0 saturated heterocycles. The summed E-state index contributed by atoms with van der Waals surface area (Å²) < 4.78 is 5.39. The van der Waals surface area contributed by atoms with Gasteiger partial charge in [-0.05, 0) is 40.5 Å². The first kappa shape index (κ1) is 20.1. The minimum absolute atomic E-state index is 0.204. The molecule has 0 fully saturated rings. The smallest absolute Gasteiger partial charge is 0.360 e. The van der Waals surface area contributed by atoms with Gasteiger partial charge in [-0.15, -0.1) is 11.3 Å². The highest BCUT2D eigenvalue weighted by molar-refractivity contribution is 7.09. The van der Waals surface area contributed by atoms with Crippen LogP contribution in [-0.4, -0.2) is 38.9 Å². The van der Waals surface area contributed by atoms with Crippen molar-refractivity contribution in [2.24, 2.45) is 5.16 Å². The topological polar surface area (TPSA) is 98.1 Å². The van der Waals surface area contributed by atoms with Crippen LogP contribution in [-0.2, 0) is 19.2 Å². The van der Waals surface area contributed by atoms with Crippen molar-refractivity contribution >= 4 is 29.0 Å². The van der Waals surface area contributed by atoms with Gasteiger partial charge in [0.05, 0.1) is 5.01 Å². The maximum atomic E-state index is 12.5. The number of hydrogen-bond acceptors (Lipinski definition) is 7. The number of carbonyl (C=O) groups is 2. The van der Waals surface area contributed by atoms with Gasteiger partial charge < -0.3 is 14.7 Å². The summed E-state index contributed by atoms with van der Waals surface area (Å²) in [5.74, 6) is -1.84. The molecule has 24 heavy (non-hydrogen) atoms. The summed E-state index contributed by atoms with van der Waals surface area (Å²) in [6.45, 7) is 10.5. The third kappa shape index (κ3) is 5.02. The number of aryl methyl sites for hydroxylation is 1. The van der Waals surface area contributed by atoms with Crippen molar-refractivity contribution < 1.29 is 24.3 Å². The minimum atomic E-state index is -1.33. The van der Waals surface area contributed by atoms with Crippen molar-refractivity contribution in [3.8, 4) is 0 Å². The van der Waals surface area contributed by atoms with Crippen molar-refractivity contribution in [1.29, 1.82) is 0 Å².